The summed E-state index contributed by atoms with van der Waals surface area (Å²) < 4.78 is 5.11. The monoisotopic (exact) mass is 300 g/mol. The Kier molecular flexibility index (Phi) is 5.88. The van der Waals surface area contributed by atoms with Crippen LogP contribution in [0.25, 0.3) is 0 Å². The summed E-state index contributed by atoms with van der Waals surface area (Å²) >= 11 is 1.25. The van der Waals surface area contributed by atoms with Crippen molar-refractivity contribution in [3.63, 3.8) is 0 Å². The van der Waals surface area contributed by atoms with Crippen LogP contribution in [0.2, 0.25) is 0 Å². The van der Waals surface area contributed by atoms with Gasteiger partial charge in [0.1, 0.15) is 5.75 Å². The van der Waals surface area contributed by atoms with E-state index in [9.17, 15) is 4.79 Å². The van der Waals surface area contributed by atoms with Gasteiger partial charge in [-0.2, -0.15) is 0 Å². The number of ether oxygens (including phenoxy) is 1. The second-order valence-electron chi connectivity index (χ2n) is 4.87. The highest BCUT2D eigenvalue weighted by atomic mass is 32.2. The highest BCUT2D eigenvalue weighted by molar-refractivity contribution is 8.14. The molecule has 0 aliphatic rings. The molecule has 110 valence electrons. The standard InChI is InChI=1S/C18H20O2S/c1-3-4-5-14-6-8-15(9-7-14)18(19)21-17-12-10-16(20-2)11-13-17/h6-13H,3-5H2,1-2H3. The number of thioether (sulfide) groups is 1. The lowest BCUT2D eigenvalue weighted by Crippen LogP contribution is -1.94. The van der Waals surface area contributed by atoms with Gasteiger partial charge in [-0.15, -0.1) is 0 Å². The van der Waals surface area contributed by atoms with Gasteiger partial charge in [0.2, 0.25) is 5.12 Å². The van der Waals surface area contributed by atoms with E-state index in [1.54, 1.807) is 7.11 Å². The van der Waals surface area contributed by atoms with Crippen molar-refractivity contribution in [2.45, 2.75) is 31.1 Å². The minimum Gasteiger partial charge on any atom is -0.497 e. The van der Waals surface area contributed by atoms with E-state index in [2.05, 4.69) is 19.1 Å². The first kappa shape index (κ1) is 15.6. The molecular weight excluding hydrogens is 280 g/mol. The number of benzene rings is 2. The van der Waals surface area contributed by atoms with Crippen molar-refractivity contribution in [1.29, 1.82) is 0 Å². The molecule has 3 heteroatoms. The number of methoxy groups -OCH3 is 1. The lowest BCUT2D eigenvalue weighted by molar-refractivity contribution is 0.108. The Balaban J connectivity index is 1.98. The van der Waals surface area contributed by atoms with E-state index in [0.717, 1.165) is 22.6 Å². The number of hydrogen-bond donors (Lipinski definition) is 0. The zero-order chi connectivity index (χ0) is 15.1. The molecule has 0 saturated heterocycles. The molecule has 0 aromatic heterocycles. The van der Waals surface area contributed by atoms with E-state index in [1.807, 2.05) is 36.4 Å². The van der Waals surface area contributed by atoms with Gasteiger partial charge < -0.3 is 4.74 Å². The van der Waals surface area contributed by atoms with Crippen molar-refractivity contribution >= 4 is 16.9 Å². The van der Waals surface area contributed by atoms with Gasteiger partial charge in [-0.25, -0.2) is 0 Å². The van der Waals surface area contributed by atoms with Gasteiger partial charge in [0.05, 0.1) is 7.11 Å². The Hall–Kier alpha value is -1.74. The average molecular weight is 300 g/mol. The molecule has 2 rings (SSSR count). The summed E-state index contributed by atoms with van der Waals surface area (Å²) in [7, 11) is 1.63. The zero-order valence-corrected chi connectivity index (χ0v) is 13.3. The Morgan fingerprint density at radius 1 is 1.05 bits per heavy atom. The molecule has 2 nitrogen and oxygen atoms in total. The summed E-state index contributed by atoms with van der Waals surface area (Å²) in [4.78, 5) is 13.2. The Labute approximate surface area is 130 Å². The highest BCUT2D eigenvalue weighted by Gasteiger charge is 2.08. The quantitative estimate of drug-likeness (QED) is 0.704. The lowest BCUT2D eigenvalue weighted by Gasteiger charge is -2.04. The minimum absolute atomic E-state index is 0.0715. The molecule has 0 aliphatic carbocycles. The van der Waals surface area contributed by atoms with E-state index < -0.39 is 0 Å². The van der Waals surface area contributed by atoms with E-state index in [4.69, 9.17) is 4.74 Å². The van der Waals surface area contributed by atoms with Gasteiger partial charge in [0, 0.05) is 10.5 Å². The zero-order valence-electron chi connectivity index (χ0n) is 12.5. The molecule has 0 spiro atoms. The smallest absolute Gasteiger partial charge is 0.224 e. The van der Waals surface area contributed by atoms with Crippen molar-refractivity contribution in [2.24, 2.45) is 0 Å². The molecule has 0 unspecified atom stereocenters. The van der Waals surface area contributed by atoms with Crippen LogP contribution in [0.1, 0.15) is 35.7 Å². The molecule has 0 fully saturated rings. The number of carbonyl (C=O) groups excluding carboxylic acids is 1. The first-order valence-electron chi connectivity index (χ1n) is 7.18. The SMILES string of the molecule is CCCCc1ccc(C(=O)Sc2ccc(OC)cc2)cc1. The maximum absolute atomic E-state index is 12.2. The van der Waals surface area contributed by atoms with Gasteiger partial charge in [0.25, 0.3) is 0 Å². The maximum Gasteiger partial charge on any atom is 0.224 e. The molecule has 21 heavy (non-hydrogen) atoms. The van der Waals surface area contributed by atoms with Crippen LogP contribution in [0.15, 0.2) is 53.4 Å². The molecular formula is C18H20O2S. The Morgan fingerprint density at radius 2 is 1.71 bits per heavy atom. The van der Waals surface area contributed by atoms with Crippen LogP contribution in [-0.4, -0.2) is 12.2 Å². The molecule has 0 aliphatic heterocycles. The topological polar surface area (TPSA) is 26.3 Å². The van der Waals surface area contributed by atoms with Crippen molar-refractivity contribution in [2.75, 3.05) is 7.11 Å². The molecule has 0 saturated carbocycles. The average Bonchev–Trinajstić information content (AvgIpc) is 2.54. The van der Waals surface area contributed by atoms with E-state index in [0.29, 0.717) is 0 Å². The predicted molar refractivity (Wildman–Crippen MR) is 88.2 cm³/mol. The van der Waals surface area contributed by atoms with Gasteiger partial charge in [-0.3, -0.25) is 4.79 Å². The van der Waals surface area contributed by atoms with Crippen LogP contribution in [0.5, 0.6) is 5.75 Å². The van der Waals surface area contributed by atoms with Crippen LogP contribution in [0.3, 0.4) is 0 Å². The van der Waals surface area contributed by atoms with Crippen LogP contribution in [-0.2, 0) is 6.42 Å². The van der Waals surface area contributed by atoms with Crippen LogP contribution in [0.4, 0.5) is 0 Å². The lowest BCUT2D eigenvalue weighted by atomic mass is 10.1. The third-order valence-corrected chi connectivity index (χ3v) is 4.21. The fraction of sp³-hybridized carbons (Fsp3) is 0.278. The van der Waals surface area contributed by atoms with E-state index in [1.165, 1.54) is 30.2 Å². The maximum atomic E-state index is 12.2. The molecule has 0 N–H and O–H groups in total. The largest absolute Gasteiger partial charge is 0.497 e. The molecule has 0 amide bonds. The summed E-state index contributed by atoms with van der Waals surface area (Å²) in [6.45, 7) is 2.18. The second kappa shape index (κ2) is 7.89. The molecule has 2 aromatic rings. The molecule has 0 heterocycles. The van der Waals surface area contributed by atoms with Gasteiger partial charge in [-0.05, 0) is 54.4 Å². The molecule has 2 aromatic carbocycles. The first-order chi connectivity index (χ1) is 10.2. The fourth-order valence-corrected chi connectivity index (χ4v) is 2.74. The van der Waals surface area contributed by atoms with Crippen molar-refractivity contribution in [3.8, 4) is 5.75 Å². The van der Waals surface area contributed by atoms with Crippen molar-refractivity contribution in [1.82, 2.24) is 0 Å². The third kappa shape index (κ3) is 4.64. The Bertz CT molecular complexity index is 573. The van der Waals surface area contributed by atoms with Crippen LogP contribution >= 0.6 is 11.8 Å². The van der Waals surface area contributed by atoms with Gasteiger partial charge in [-0.1, -0.05) is 37.6 Å². The molecule has 0 radical (unpaired) electrons. The number of aryl methyl sites for hydroxylation is 1. The van der Waals surface area contributed by atoms with E-state index >= 15 is 0 Å². The number of hydrogen-bond acceptors (Lipinski definition) is 3. The van der Waals surface area contributed by atoms with Crippen molar-refractivity contribution < 1.29 is 9.53 Å². The van der Waals surface area contributed by atoms with Gasteiger partial charge >= 0.3 is 0 Å². The second-order valence-corrected chi connectivity index (χ2v) is 5.91. The van der Waals surface area contributed by atoms with Crippen LogP contribution < -0.4 is 4.74 Å². The number of carbonyl (C=O) groups is 1. The van der Waals surface area contributed by atoms with E-state index in [-0.39, 0.29) is 5.12 Å². The first-order valence-corrected chi connectivity index (χ1v) is 7.99. The summed E-state index contributed by atoms with van der Waals surface area (Å²) in [6.07, 6.45) is 3.46. The normalized spacial score (nSPS) is 10.4. The van der Waals surface area contributed by atoms with Gasteiger partial charge in [0.15, 0.2) is 0 Å². The molecule has 0 atom stereocenters. The highest BCUT2D eigenvalue weighted by Crippen LogP contribution is 2.25. The summed E-state index contributed by atoms with van der Waals surface area (Å²) in [5.41, 5.74) is 2.04. The summed E-state index contributed by atoms with van der Waals surface area (Å²) in [5.74, 6) is 0.798. The molecule has 0 bridgehead atoms. The van der Waals surface area contributed by atoms with Crippen molar-refractivity contribution in [3.05, 3.63) is 59.7 Å². The fourth-order valence-electron chi connectivity index (χ4n) is 2.00. The minimum atomic E-state index is 0.0715. The van der Waals surface area contributed by atoms with Crippen LogP contribution in [0, 0.1) is 0 Å². The Morgan fingerprint density at radius 3 is 2.29 bits per heavy atom. The summed E-state index contributed by atoms with van der Waals surface area (Å²) in [5, 5.41) is 0.0715. The number of rotatable bonds is 6. The number of unbranched alkanes of at least 4 members (excludes halogenated alkanes) is 1. The predicted octanol–water partition coefficient (Wildman–Crippen LogP) is 4.97. The third-order valence-electron chi connectivity index (χ3n) is 3.28. The summed E-state index contributed by atoms with van der Waals surface area (Å²) in [6, 6.07) is 15.5.